The summed E-state index contributed by atoms with van der Waals surface area (Å²) in [5.74, 6) is 0.100. The highest BCUT2D eigenvalue weighted by Gasteiger charge is 2.26. The second-order valence-corrected chi connectivity index (χ2v) is 5.91. The zero-order valence-electron chi connectivity index (χ0n) is 12.5. The highest BCUT2D eigenvalue weighted by Crippen LogP contribution is 2.26. The number of imidazole rings is 1. The van der Waals surface area contributed by atoms with Crippen LogP contribution in [0.5, 0.6) is 0 Å². The van der Waals surface area contributed by atoms with Gasteiger partial charge in [-0.1, -0.05) is 6.07 Å². The van der Waals surface area contributed by atoms with Crippen LogP contribution in [0.15, 0.2) is 36.8 Å². The van der Waals surface area contributed by atoms with Gasteiger partial charge in [0, 0.05) is 29.9 Å². The number of rotatable bonds is 2. The highest BCUT2D eigenvalue weighted by molar-refractivity contribution is 5.97. The summed E-state index contributed by atoms with van der Waals surface area (Å²) in [6.45, 7) is 2.04. The molecule has 0 bridgehead atoms. The Morgan fingerprint density at radius 3 is 3.27 bits per heavy atom. The second kappa shape index (κ2) is 5.02. The van der Waals surface area contributed by atoms with E-state index in [0.717, 1.165) is 47.5 Å². The maximum Gasteiger partial charge on any atom is 0.227 e. The minimum absolute atomic E-state index is 0.00641. The van der Waals surface area contributed by atoms with Gasteiger partial charge in [-0.15, -0.1) is 0 Å². The molecule has 0 unspecified atom stereocenters. The summed E-state index contributed by atoms with van der Waals surface area (Å²) in [5, 5.41) is 3.10. The Bertz CT molecular complexity index is 845. The zero-order chi connectivity index (χ0) is 15.1. The van der Waals surface area contributed by atoms with Gasteiger partial charge in [-0.05, 0) is 38.0 Å². The van der Waals surface area contributed by atoms with Gasteiger partial charge in [0.25, 0.3) is 0 Å². The Balaban J connectivity index is 1.57. The predicted octanol–water partition coefficient (Wildman–Crippen LogP) is 2.71. The summed E-state index contributed by atoms with van der Waals surface area (Å²) in [6.07, 6.45) is 6.19. The molecule has 4 rings (SSSR count). The number of aryl methyl sites for hydroxylation is 2. The summed E-state index contributed by atoms with van der Waals surface area (Å²) in [6, 6.07) is 8.03. The molecule has 1 amide bonds. The summed E-state index contributed by atoms with van der Waals surface area (Å²) >= 11 is 0. The van der Waals surface area contributed by atoms with Gasteiger partial charge in [-0.3, -0.25) is 4.79 Å². The monoisotopic (exact) mass is 294 g/mol. The van der Waals surface area contributed by atoms with E-state index in [2.05, 4.69) is 19.7 Å². The molecule has 3 heterocycles. The fourth-order valence-corrected chi connectivity index (χ4v) is 3.28. The van der Waals surface area contributed by atoms with Crippen LogP contribution < -0.4 is 5.32 Å². The summed E-state index contributed by atoms with van der Waals surface area (Å²) < 4.78 is 2.09. The van der Waals surface area contributed by atoms with Gasteiger partial charge in [0.2, 0.25) is 5.91 Å². The van der Waals surface area contributed by atoms with Crippen LogP contribution >= 0.6 is 0 Å². The van der Waals surface area contributed by atoms with Gasteiger partial charge < -0.3 is 14.7 Å². The predicted molar refractivity (Wildman–Crippen MR) is 84.9 cm³/mol. The molecule has 3 aromatic rings. The molecular weight excluding hydrogens is 276 g/mol. The van der Waals surface area contributed by atoms with Gasteiger partial charge in [-0.25, -0.2) is 4.98 Å². The third-order valence-electron chi connectivity index (χ3n) is 4.49. The SMILES string of the molecule is Cc1cc(NC(=O)[C@@H]2CCc3nc[nH]c3C2)c2ccccn12. The Kier molecular flexibility index (Phi) is 2.99. The number of anilines is 1. The molecule has 1 aliphatic carbocycles. The minimum Gasteiger partial charge on any atom is -0.348 e. The number of carbonyl (C=O) groups is 1. The maximum atomic E-state index is 12.6. The van der Waals surface area contributed by atoms with Crippen molar-refractivity contribution in [3.8, 4) is 0 Å². The molecule has 1 aliphatic rings. The molecule has 0 saturated heterocycles. The lowest BCUT2D eigenvalue weighted by molar-refractivity contribution is -0.120. The van der Waals surface area contributed by atoms with Crippen molar-refractivity contribution in [3.05, 3.63) is 53.9 Å². The summed E-state index contributed by atoms with van der Waals surface area (Å²) in [4.78, 5) is 20.0. The van der Waals surface area contributed by atoms with E-state index in [1.807, 2.05) is 37.4 Å². The van der Waals surface area contributed by atoms with Crippen molar-refractivity contribution in [1.82, 2.24) is 14.4 Å². The molecule has 2 N–H and O–H groups in total. The van der Waals surface area contributed by atoms with Gasteiger partial charge in [0.05, 0.1) is 23.2 Å². The van der Waals surface area contributed by atoms with E-state index in [-0.39, 0.29) is 11.8 Å². The first kappa shape index (κ1) is 13.1. The van der Waals surface area contributed by atoms with Crippen molar-refractivity contribution in [3.63, 3.8) is 0 Å². The molecule has 5 heteroatoms. The average Bonchev–Trinajstić information content (AvgIpc) is 3.12. The van der Waals surface area contributed by atoms with Crippen LogP contribution in [-0.4, -0.2) is 20.3 Å². The number of fused-ring (bicyclic) bond motifs is 2. The molecule has 0 saturated carbocycles. The quantitative estimate of drug-likeness (QED) is 0.763. The number of nitrogens with zero attached hydrogens (tertiary/aromatic N) is 2. The van der Waals surface area contributed by atoms with E-state index in [1.165, 1.54) is 0 Å². The molecule has 0 aliphatic heterocycles. The Morgan fingerprint density at radius 2 is 2.36 bits per heavy atom. The topological polar surface area (TPSA) is 62.2 Å². The van der Waals surface area contributed by atoms with Gasteiger partial charge in [0.1, 0.15) is 0 Å². The Hall–Kier alpha value is -2.56. The van der Waals surface area contributed by atoms with Crippen LogP contribution in [0, 0.1) is 12.8 Å². The standard InChI is InChI=1S/C17H18N4O/c1-11-8-15(16-4-2-3-7-21(11)16)20-17(22)12-5-6-13-14(9-12)19-10-18-13/h2-4,7-8,10,12H,5-6,9H2,1H3,(H,18,19)(H,20,22)/t12-/m1/s1. The van der Waals surface area contributed by atoms with Crippen LogP contribution in [0.1, 0.15) is 23.5 Å². The summed E-state index contributed by atoms with van der Waals surface area (Å²) in [5.41, 5.74) is 5.24. The third kappa shape index (κ3) is 2.09. The minimum atomic E-state index is 0.00641. The molecule has 1 atom stereocenters. The Morgan fingerprint density at radius 1 is 1.45 bits per heavy atom. The lowest BCUT2D eigenvalue weighted by Gasteiger charge is -2.20. The first-order valence-electron chi connectivity index (χ1n) is 7.61. The molecule has 5 nitrogen and oxygen atoms in total. The second-order valence-electron chi connectivity index (χ2n) is 5.91. The van der Waals surface area contributed by atoms with E-state index in [4.69, 9.17) is 0 Å². The van der Waals surface area contributed by atoms with E-state index in [1.54, 1.807) is 6.33 Å². The number of hydrogen-bond donors (Lipinski definition) is 2. The number of carbonyl (C=O) groups excluding carboxylic acids is 1. The molecule has 0 aromatic carbocycles. The van der Waals surface area contributed by atoms with Crippen molar-refractivity contribution in [1.29, 1.82) is 0 Å². The molecular formula is C17H18N4O. The van der Waals surface area contributed by atoms with E-state index in [9.17, 15) is 4.79 Å². The molecule has 0 radical (unpaired) electrons. The molecule has 0 spiro atoms. The number of pyridine rings is 1. The third-order valence-corrected chi connectivity index (χ3v) is 4.49. The lowest BCUT2D eigenvalue weighted by atomic mass is 9.89. The van der Waals surface area contributed by atoms with E-state index >= 15 is 0 Å². The largest absolute Gasteiger partial charge is 0.348 e. The Labute approximate surface area is 128 Å². The van der Waals surface area contributed by atoms with Crippen molar-refractivity contribution in [2.45, 2.75) is 26.2 Å². The maximum absolute atomic E-state index is 12.6. The van der Waals surface area contributed by atoms with Crippen LogP contribution in [0.4, 0.5) is 5.69 Å². The van der Waals surface area contributed by atoms with E-state index in [0.29, 0.717) is 0 Å². The van der Waals surface area contributed by atoms with E-state index < -0.39 is 0 Å². The molecule has 3 aromatic heterocycles. The number of nitrogens with one attached hydrogen (secondary N) is 2. The fraction of sp³-hybridized carbons (Fsp3) is 0.294. The van der Waals surface area contributed by atoms with Crippen molar-refractivity contribution in [2.75, 3.05) is 5.32 Å². The van der Waals surface area contributed by atoms with Gasteiger partial charge in [0.15, 0.2) is 0 Å². The van der Waals surface area contributed by atoms with Crippen LogP contribution in [0.2, 0.25) is 0 Å². The number of H-pyrrole nitrogens is 1. The normalized spacial score (nSPS) is 17.4. The number of hydrogen-bond acceptors (Lipinski definition) is 2. The fourth-order valence-electron chi connectivity index (χ4n) is 3.28. The lowest BCUT2D eigenvalue weighted by Crippen LogP contribution is -2.28. The van der Waals surface area contributed by atoms with Gasteiger partial charge >= 0.3 is 0 Å². The number of aromatic amines is 1. The molecule has 22 heavy (non-hydrogen) atoms. The first-order chi connectivity index (χ1) is 10.7. The van der Waals surface area contributed by atoms with Crippen molar-refractivity contribution < 1.29 is 4.79 Å². The average molecular weight is 294 g/mol. The highest BCUT2D eigenvalue weighted by atomic mass is 16.1. The van der Waals surface area contributed by atoms with Crippen LogP contribution in [-0.2, 0) is 17.6 Å². The smallest absolute Gasteiger partial charge is 0.227 e. The molecule has 0 fully saturated rings. The van der Waals surface area contributed by atoms with Gasteiger partial charge in [-0.2, -0.15) is 0 Å². The summed E-state index contributed by atoms with van der Waals surface area (Å²) in [7, 11) is 0. The number of amides is 1. The van der Waals surface area contributed by atoms with Crippen molar-refractivity contribution >= 4 is 17.1 Å². The molecule has 112 valence electrons. The zero-order valence-corrected chi connectivity index (χ0v) is 12.5. The number of aromatic nitrogens is 3. The van der Waals surface area contributed by atoms with Crippen LogP contribution in [0.25, 0.3) is 5.52 Å². The van der Waals surface area contributed by atoms with Crippen molar-refractivity contribution in [2.24, 2.45) is 5.92 Å². The van der Waals surface area contributed by atoms with Crippen LogP contribution in [0.3, 0.4) is 0 Å². The first-order valence-corrected chi connectivity index (χ1v) is 7.61.